The van der Waals surface area contributed by atoms with Crippen LogP contribution in [0.5, 0.6) is 0 Å². The number of hydrogen-bond acceptors (Lipinski definition) is 4. The molecule has 0 aromatic carbocycles. The predicted molar refractivity (Wildman–Crippen MR) is 54.6 cm³/mol. The molecule has 5 nitrogen and oxygen atoms in total. The van der Waals surface area contributed by atoms with Crippen molar-refractivity contribution in [2.75, 3.05) is 12.4 Å². The molecule has 1 rings (SSSR count). The molecule has 0 spiro atoms. The van der Waals surface area contributed by atoms with Crippen LogP contribution in [0.2, 0.25) is 0 Å². The van der Waals surface area contributed by atoms with Gasteiger partial charge in [-0.1, -0.05) is 0 Å². The molecular weight excluding hydrogens is 253 g/mol. The molecule has 0 unspecified atom stereocenters. The largest absolute Gasteiger partial charge is 0.462 e. The third-order valence-corrected chi connectivity index (χ3v) is 1.98. The summed E-state index contributed by atoms with van der Waals surface area (Å²) in [5, 5.41) is 2.07. The van der Waals surface area contributed by atoms with E-state index in [0.29, 0.717) is 0 Å². The Morgan fingerprint density at radius 1 is 1.39 bits per heavy atom. The first kappa shape index (κ1) is 13.9. The Morgan fingerprint density at radius 2 is 2.00 bits per heavy atom. The fourth-order valence-corrected chi connectivity index (χ4v) is 1.21. The summed E-state index contributed by atoms with van der Waals surface area (Å²) in [6.07, 6.45) is -3.74. The first-order valence-electron chi connectivity index (χ1n) is 4.69. The zero-order valence-corrected chi connectivity index (χ0v) is 9.46. The molecule has 0 fully saturated rings. The molecule has 0 saturated heterocycles. The SMILES string of the molecule is COC(=O)C(=O)Nc1cnc(C(F)(F)F)c(C)c1. The number of amides is 1. The fourth-order valence-electron chi connectivity index (χ4n) is 1.21. The van der Waals surface area contributed by atoms with Crippen LogP contribution in [0.25, 0.3) is 0 Å². The standard InChI is InChI=1S/C10H9F3N2O3/c1-5-3-6(15-8(16)9(17)18-2)4-14-7(5)10(11,12)13/h3-4H,1-2H3,(H,15,16). The highest BCUT2D eigenvalue weighted by atomic mass is 19.4. The van der Waals surface area contributed by atoms with Crippen molar-refractivity contribution in [1.82, 2.24) is 4.98 Å². The first-order chi connectivity index (χ1) is 8.25. The summed E-state index contributed by atoms with van der Waals surface area (Å²) in [6, 6.07) is 1.07. The molecule has 0 aliphatic heterocycles. The van der Waals surface area contributed by atoms with Crippen molar-refractivity contribution in [1.29, 1.82) is 0 Å². The van der Waals surface area contributed by atoms with Gasteiger partial charge in [0.2, 0.25) is 0 Å². The number of hydrogen-bond donors (Lipinski definition) is 1. The molecule has 1 N–H and O–H groups in total. The van der Waals surface area contributed by atoms with E-state index in [-0.39, 0.29) is 11.3 Å². The number of pyridine rings is 1. The minimum Gasteiger partial charge on any atom is -0.462 e. The summed E-state index contributed by atoms with van der Waals surface area (Å²) in [5.74, 6) is -2.23. The van der Waals surface area contributed by atoms with Gasteiger partial charge in [0.15, 0.2) is 0 Å². The average Bonchev–Trinajstić information content (AvgIpc) is 2.26. The van der Waals surface area contributed by atoms with Gasteiger partial charge in [-0.15, -0.1) is 0 Å². The Bertz CT molecular complexity index is 486. The van der Waals surface area contributed by atoms with Gasteiger partial charge < -0.3 is 10.1 Å². The fraction of sp³-hybridized carbons (Fsp3) is 0.300. The first-order valence-corrected chi connectivity index (χ1v) is 4.69. The summed E-state index contributed by atoms with van der Waals surface area (Å²) in [6.45, 7) is 1.20. The number of rotatable bonds is 1. The molecule has 0 saturated carbocycles. The monoisotopic (exact) mass is 262 g/mol. The number of halogens is 3. The van der Waals surface area contributed by atoms with Gasteiger partial charge in [0.05, 0.1) is 19.0 Å². The van der Waals surface area contributed by atoms with Crippen LogP contribution >= 0.6 is 0 Å². The van der Waals surface area contributed by atoms with Gasteiger partial charge in [-0.2, -0.15) is 13.2 Å². The van der Waals surface area contributed by atoms with Gasteiger partial charge in [0, 0.05) is 0 Å². The third-order valence-electron chi connectivity index (χ3n) is 1.98. The summed E-state index contributed by atoms with van der Waals surface area (Å²) in [7, 11) is 1.01. The Labute approximate surface area is 100.0 Å². The van der Waals surface area contributed by atoms with Gasteiger partial charge in [-0.05, 0) is 18.6 Å². The topological polar surface area (TPSA) is 68.3 Å². The number of methoxy groups -OCH3 is 1. The van der Waals surface area contributed by atoms with E-state index in [1.807, 2.05) is 0 Å². The maximum absolute atomic E-state index is 12.4. The summed E-state index contributed by atoms with van der Waals surface area (Å²) >= 11 is 0. The second-order valence-corrected chi connectivity index (χ2v) is 3.33. The second kappa shape index (κ2) is 5.03. The van der Waals surface area contributed by atoms with Crippen molar-refractivity contribution in [3.63, 3.8) is 0 Å². The van der Waals surface area contributed by atoms with Crippen molar-refractivity contribution in [2.45, 2.75) is 13.1 Å². The highest BCUT2D eigenvalue weighted by Crippen LogP contribution is 2.30. The lowest BCUT2D eigenvalue weighted by Gasteiger charge is -2.10. The second-order valence-electron chi connectivity index (χ2n) is 3.33. The molecule has 1 heterocycles. The van der Waals surface area contributed by atoms with Crippen LogP contribution < -0.4 is 5.32 Å². The number of ether oxygens (including phenoxy) is 1. The Kier molecular flexibility index (Phi) is 3.89. The van der Waals surface area contributed by atoms with Crippen LogP contribution in [-0.2, 0) is 20.5 Å². The number of alkyl halides is 3. The van der Waals surface area contributed by atoms with Crippen LogP contribution in [-0.4, -0.2) is 24.0 Å². The minimum absolute atomic E-state index is 0.0177. The van der Waals surface area contributed by atoms with E-state index in [1.54, 1.807) is 0 Å². The summed E-state index contributed by atoms with van der Waals surface area (Å²) in [5.41, 5.74) is -1.22. The molecular formula is C10H9F3N2O3. The number of esters is 1. The maximum Gasteiger partial charge on any atom is 0.433 e. The van der Waals surface area contributed by atoms with E-state index in [0.717, 1.165) is 19.4 Å². The Hall–Kier alpha value is -2.12. The maximum atomic E-state index is 12.4. The number of nitrogens with zero attached hydrogens (tertiary/aromatic N) is 1. The molecule has 1 aromatic rings. The number of carbonyl (C=O) groups excluding carboxylic acids is 2. The van der Waals surface area contributed by atoms with Crippen LogP contribution in [0.3, 0.4) is 0 Å². The van der Waals surface area contributed by atoms with Crippen LogP contribution in [0.4, 0.5) is 18.9 Å². The van der Waals surface area contributed by atoms with E-state index in [9.17, 15) is 22.8 Å². The number of anilines is 1. The third kappa shape index (κ3) is 3.19. The molecule has 0 aliphatic rings. The number of nitrogens with one attached hydrogen (secondary N) is 1. The number of aryl methyl sites for hydroxylation is 1. The van der Waals surface area contributed by atoms with Crippen molar-refractivity contribution in [2.24, 2.45) is 0 Å². The summed E-state index contributed by atoms with van der Waals surface area (Å²) < 4.78 is 41.3. The lowest BCUT2D eigenvalue weighted by Crippen LogP contribution is -2.24. The molecule has 1 amide bonds. The van der Waals surface area contributed by atoms with Gasteiger partial charge in [0.25, 0.3) is 0 Å². The van der Waals surface area contributed by atoms with Gasteiger partial charge in [-0.3, -0.25) is 4.79 Å². The van der Waals surface area contributed by atoms with E-state index in [4.69, 9.17) is 0 Å². The van der Waals surface area contributed by atoms with Crippen LogP contribution in [0, 0.1) is 6.92 Å². The van der Waals surface area contributed by atoms with Gasteiger partial charge >= 0.3 is 18.1 Å². The number of aromatic nitrogens is 1. The van der Waals surface area contributed by atoms with Crippen molar-refractivity contribution in [3.05, 3.63) is 23.5 Å². The van der Waals surface area contributed by atoms with E-state index >= 15 is 0 Å². The number of carbonyl (C=O) groups is 2. The lowest BCUT2D eigenvalue weighted by molar-refractivity contribution is -0.150. The van der Waals surface area contributed by atoms with Crippen molar-refractivity contribution in [3.8, 4) is 0 Å². The lowest BCUT2D eigenvalue weighted by atomic mass is 10.2. The average molecular weight is 262 g/mol. The van der Waals surface area contributed by atoms with Gasteiger partial charge in [-0.25, -0.2) is 9.78 Å². The normalized spacial score (nSPS) is 10.9. The molecule has 18 heavy (non-hydrogen) atoms. The molecule has 0 bridgehead atoms. The van der Waals surface area contributed by atoms with Crippen LogP contribution in [0.15, 0.2) is 12.3 Å². The highest BCUT2D eigenvalue weighted by molar-refractivity contribution is 6.37. The molecule has 0 aliphatic carbocycles. The van der Waals surface area contributed by atoms with Gasteiger partial charge in [0.1, 0.15) is 5.69 Å². The molecule has 1 aromatic heterocycles. The van der Waals surface area contributed by atoms with E-state index in [1.165, 1.54) is 6.92 Å². The quantitative estimate of drug-likeness (QED) is 0.615. The highest BCUT2D eigenvalue weighted by Gasteiger charge is 2.34. The van der Waals surface area contributed by atoms with Crippen LogP contribution in [0.1, 0.15) is 11.3 Å². The minimum atomic E-state index is -4.56. The Balaban J connectivity index is 2.92. The molecule has 0 radical (unpaired) electrons. The summed E-state index contributed by atoms with van der Waals surface area (Å²) in [4.78, 5) is 25.1. The van der Waals surface area contributed by atoms with Crippen molar-refractivity contribution < 1.29 is 27.5 Å². The smallest absolute Gasteiger partial charge is 0.433 e. The Morgan fingerprint density at radius 3 is 2.44 bits per heavy atom. The van der Waals surface area contributed by atoms with E-state index < -0.39 is 23.7 Å². The predicted octanol–water partition coefficient (Wildman–Crippen LogP) is 1.52. The zero-order valence-electron chi connectivity index (χ0n) is 9.46. The van der Waals surface area contributed by atoms with Crippen molar-refractivity contribution >= 4 is 17.6 Å². The molecule has 98 valence electrons. The molecule has 8 heteroatoms. The zero-order chi connectivity index (χ0) is 13.9. The van der Waals surface area contributed by atoms with E-state index in [2.05, 4.69) is 15.0 Å². The molecule has 0 atom stereocenters.